The number of likely N-dealkylation sites (tertiary alicyclic amines) is 1. The molecule has 3 N–H and O–H groups in total. The van der Waals surface area contributed by atoms with Crippen molar-refractivity contribution < 1.29 is 31.4 Å². The fourth-order valence-corrected chi connectivity index (χ4v) is 7.56. The van der Waals surface area contributed by atoms with Crippen LogP contribution >= 0.6 is 0 Å². The number of aromatic amines is 1. The first-order chi connectivity index (χ1) is 23.9. The van der Waals surface area contributed by atoms with Gasteiger partial charge in [0.1, 0.15) is 47.3 Å². The SMILES string of the molecule is Cc1cc2[nH]ncc2c(-c2nc3c4c(nc(OC[C@@H]5CCCN5C5CC5)nc4c2F)N([C@H](C)c2cc(F)cnc2N)[C@@H](C)CO3)c1C(F)(F)F. The Hall–Kier alpha value is -4.86. The minimum atomic E-state index is -4.86. The molecule has 6 heterocycles. The molecule has 4 aromatic heterocycles. The van der Waals surface area contributed by atoms with Gasteiger partial charge in [-0.3, -0.25) is 10.00 Å². The van der Waals surface area contributed by atoms with E-state index in [2.05, 4.69) is 30.0 Å². The maximum atomic E-state index is 17.1. The quantitative estimate of drug-likeness (QED) is 0.182. The minimum absolute atomic E-state index is 0.0272. The molecule has 1 saturated heterocycles. The number of nitrogens with two attached hydrogens (primary N) is 1. The zero-order valence-corrected chi connectivity index (χ0v) is 27.5. The van der Waals surface area contributed by atoms with Crippen LogP contribution in [0.4, 0.5) is 33.6 Å². The van der Waals surface area contributed by atoms with E-state index < -0.39 is 46.7 Å². The van der Waals surface area contributed by atoms with E-state index in [0.29, 0.717) is 11.6 Å². The molecule has 0 spiro atoms. The number of alkyl halides is 3. The maximum Gasteiger partial charge on any atom is 0.417 e. The fraction of sp³-hybridized carbons (Fsp3) is 0.441. The molecular formula is C34H34F5N9O2. The monoisotopic (exact) mass is 695 g/mol. The highest BCUT2D eigenvalue weighted by molar-refractivity contribution is 6.02. The van der Waals surface area contributed by atoms with Gasteiger partial charge in [0.2, 0.25) is 5.88 Å². The van der Waals surface area contributed by atoms with Crippen LogP contribution in [0.25, 0.3) is 33.1 Å². The number of benzene rings is 1. The number of hydrogen-bond acceptors (Lipinski definition) is 10. The number of nitrogens with zero attached hydrogens (tertiary/aromatic N) is 7. The van der Waals surface area contributed by atoms with Crippen molar-refractivity contribution in [2.45, 2.75) is 76.8 Å². The van der Waals surface area contributed by atoms with E-state index in [0.717, 1.165) is 38.4 Å². The molecule has 3 aliphatic rings. The number of pyridine rings is 2. The Labute approximate surface area is 283 Å². The molecule has 50 heavy (non-hydrogen) atoms. The molecule has 16 heteroatoms. The number of aryl methyl sites for hydroxylation is 1. The van der Waals surface area contributed by atoms with Crippen LogP contribution in [0, 0.1) is 18.6 Å². The summed E-state index contributed by atoms with van der Waals surface area (Å²) in [6.07, 6.45) is 1.55. The van der Waals surface area contributed by atoms with Crippen molar-refractivity contribution in [2.24, 2.45) is 0 Å². The van der Waals surface area contributed by atoms with E-state index in [-0.39, 0.29) is 70.2 Å². The number of H-pyrrole nitrogens is 1. The number of aromatic nitrogens is 6. The molecule has 1 aromatic carbocycles. The van der Waals surface area contributed by atoms with Gasteiger partial charge in [-0.1, -0.05) is 0 Å². The second-order valence-electron chi connectivity index (χ2n) is 13.4. The van der Waals surface area contributed by atoms with Gasteiger partial charge in [-0.25, -0.2) is 18.7 Å². The largest absolute Gasteiger partial charge is 0.475 e. The van der Waals surface area contributed by atoms with Crippen LogP contribution in [-0.4, -0.2) is 72.9 Å². The standard InChI is InChI=1S/C34H34F5N9O2/c1-15-9-23-22(12-42-46-23)24(26(15)34(37,38)39)28-27(36)29-25-31(45-33(44-29)50-14-20-5-4-8-47(20)19-6-7-19)48(16(2)13-49-32(25)43-28)17(3)21-10-18(35)11-41-30(21)40/h9-12,16-17,19-20H,4-8,13-14H2,1-3H3,(H2,40,41)(H,42,46)/t16-,17+,20-/m0/s1. The number of fused-ring (bicyclic) bond motifs is 1. The van der Waals surface area contributed by atoms with E-state index in [1.54, 1.807) is 11.8 Å². The number of hydrogen-bond donors (Lipinski definition) is 2. The Morgan fingerprint density at radius 1 is 1.12 bits per heavy atom. The van der Waals surface area contributed by atoms with Gasteiger partial charge < -0.3 is 20.1 Å². The molecule has 2 aliphatic heterocycles. The lowest BCUT2D eigenvalue weighted by atomic mass is 9.94. The molecule has 262 valence electrons. The zero-order valence-electron chi connectivity index (χ0n) is 27.5. The van der Waals surface area contributed by atoms with E-state index in [4.69, 9.17) is 20.2 Å². The van der Waals surface area contributed by atoms with Crippen LogP contribution in [0.5, 0.6) is 11.9 Å². The molecule has 0 radical (unpaired) electrons. The summed E-state index contributed by atoms with van der Waals surface area (Å²) in [5, 5.41) is 6.68. The Morgan fingerprint density at radius 3 is 2.68 bits per heavy atom. The lowest BCUT2D eigenvalue weighted by molar-refractivity contribution is -0.137. The summed E-state index contributed by atoms with van der Waals surface area (Å²) in [6.45, 7) is 6.05. The minimum Gasteiger partial charge on any atom is -0.475 e. The topological polar surface area (TPSA) is 131 Å². The second kappa shape index (κ2) is 11.9. The van der Waals surface area contributed by atoms with Gasteiger partial charge in [0, 0.05) is 28.6 Å². The highest BCUT2D eigenvalue weighted by Gasteiger charge is 2.41. The summed E-state index contributed by atoms with van der Waals surface area (Å²) in [5.41, 5.74) is 4.20. The van der Waals surface area contributed by atoms with Crippen molar-refractivity contribution in [1.82, 2.24) is 35.0 Å². The molecule has 2 fully saturated rings. The maximum absolute atomic E-state index is 17.1. The summed E-state index contributed by atoms with van der Waals surface area (Å²) in [5.74, 6) is -1.64. The van der Waals surface area contributed by atoms with Gasteiger partial charge >= 0.3 is 12.2 Å². The van der Waals surface area contributed by atoms with Crippen LogP contribution in [0.1, 0.15) is 62.3 Å². The third-order valence-corrected chi connectivity index (χ3v) is 9.98. The van der Waals surface area contributed by atoms with Crippen molar-refractivity contribution in [3.05, 3.63) is 52.9 Å². The van der Waals surface area contributed by atoms with E-state index >= 15 is 4.39 Å². The fourth-order valence-electron chi connectivity index (χ4n) is 7.56. The van der Waals surface area contributed by atoms with Crippen molar-refractivity contribution in [3.63, 3.8) is 0 Å². The number of ether oxygens (including phenoxy) is 2. The molecule has 0 amide bonds. The van der Waals surface area contributed by atoms with E-state index in [1.807, 2.05) is 6.92 Å². The first-order valence-electron chi connectivity index (χ1n) is 16.6. The lowest BCUT2D eigenvalue weighted by Gasteiger charge is -2.35. The van der Waals surface area contributed by atoms with Gasteiger partial charge in [-0.05, 0) is 70.7 Å². The van der Waals surface area contributed by atoms with Crippen LogP contribution in [0.15, 0.2) is 24.5 Å². The molecule has 3 atom stereocenters. The van der Waals surface area contributed by atoms with Crippen LogP contribution < -0.4 is 20.1 Å². The molecule has 1 aliphatic carbocycles. The van der Waals surface area contributed by atoms with Crippen LogP contribution in [-0.2, 0) is 6.18 Å². The number of rotatable bonds is 7. The highest BCUT2D eigenvalue weighted by atomic mass is 19.4. The Balaban J connectivity index is 1.35. The summed E-state index contributed by atoms with van der Waals surface area (Å²) < 4.78 is 88.0. The van der Waals surface area contributed by atoms with Crippen molar-refractivity contribution in [2.75, 3.05) is 30.4 Å². The van der Waals surface area contributed by atoms with Gasteiger partial charge in [0.15, 0.2) is 5.82 Å². The normalized spacial score (nSPS) is 20.4. The molecule has 8 rings (SSSR count). The first kappa shape index (κ1) is 32.4. The van der Waals surface area contributed by atoms with Gasteiger partial charge in [-0.2, -0.15) is 28.2 Å². The predicted molar refractivity (Wildman–Crippen MR) is 175 cm³/mol. The summed E-state index contributed by atoms with van der Waals surface area (Å²) in [6, 6.07) is 1.87. The van der Waals surface area contributed by atoms with Crippen molar-refractivity contribution >= 4 is 33.4 Å². The number of nitrogen functional groups attached to an aromatic ring is 1. The smallest absolute Gasteiger partial charge is 0.417 e. The Morgan fingerprint density at radius 2 is 1.92 bits per heavy atom. The van der Waals surface area contributed by atoms with Gasteiger partial charge in [0.05, 0.1) is 35.6 Å². The summed E-state index contributed by atoms with van der Waals surface area (Å²) in [4.78, 5) is 21.8. The summed E-state index contributed by atoms with van der Waals surface area (Å²) >= 11 is 0. The highest BCUT2D eigenvalue weighted by Crippen LogP contribution is 2.48. The summed E-state index contributed by atoms with van der Waals surface area (Å²) in [7, 11) is 0. The second-order valence-corrected chi connectivity index (χ2v) is 13.4. The van der Waals surface area contributed by atoms with Crippen molar-refractivity contribution in [3.8, 4) is 23.1 Å². The van der Waals surface area contributed by atoms with Crippen LogP contribution in [0.2, 0.25) is 0 Å². The Bertz CT molecular complexity index is 2140. The van der Waals surface area contributed by atoms with Gasteiger partial charge in [-0.15, -0.1) is 0 Å². The third kappa shape index (κ3) is 5.40. The Kier molecular flexibility index (Phi) is 7.69. The molecule has 5 aromatic rings. The zero-order chi connectivity index (χ0) is 35.1. The van der Waals surface area contributed by atoms with E-state index in [9.17, 15) is 17.6 Å². The third-order valence-electron chi connectivity index (χ3n) is 9.98. The number of nitrogens with one attached hydrogen (secondary N) is 1. The van der Waals surface area contributed by atoms with E-state index in [1.165, 1.54) is 25.3 Å². The molecule has 1 saturated carbocycles. The molecule has 0 unspecified atom stereocenters. The van der Waals surface area contributed by atoms with Gasteiger partial charge in [0.25, 0.3) is 0 Å². The average Bonchev–Trinajstić information content (AvgIpc) is 3.65. The van der Waals surface area contributed by atoms with Crippen LogP contribution in [0.3, 0.4) is 0 Å². The molecule has 11 nitrogen and oxygen atoms in total. The number of halogens is 5. The molecular weight excluding hydrogens is 661 g/mol. The molecule has 0 bridgehead atoms. The predicted octanol–water partition coefficient (Wildman–Crippen LogP) is 6.50. The average molecular weight is 696 g/mol. The number of anilines is 2. The lowest BCUT2D eigenvalue weighted by Crippen LogP contribution is -2.39. The first-order valence-corrected chi connectivity index (χ1v) is 16.6. The van der Waals surface area contributed by atoms with Crippen molar-refractivity contribution in [1.29, 1.82) is 0 Å².